The third-order valence-corrected chi connectivity index (χ3v) is 4.33. The van der Waals surface area contributed by atoms with Gasteiger partial charge in [-0.1, -0.05) is 38.1 Å². The fourth-order valence-electron chi connectivity index (χ4n) is 2.65. The first kappa shape index (κ1) is 13.1. The van der Waals surface area contributed by atoms with Gasteiger partial charge in [0.2, 0.25) is 0 Å². The van der Waals surface area contributed by atoms with Crippen molar-refractivity contribution in [3.63, 3.8) is 0 Å². The van der Waals surface area contributed by atoms with E-state index in [1.54, 1.807) is 0 Å². The third-order valence-electron chi connectivity index (χ3n) is 4.33. The number of benzene rings is 1. The molecule has 0 aromatic heterocycles. The van der Waals surface area contributed by atoms with Gasteiger partial charge in [0.05, 0.1) is 0 Å². The summed E-state index contributed by atoms with van der Waals surface area (Å²) in [4.78, 5) is 11.1. The predicted octanol–water partition coefficient (Wildman–Crippen LogP) is 2.41. The average Bonchev–Trinajstić information content (AvgIpc) is 2.26. The Hall–Kier alpha value is -1.35. The molecule has 1 aromatic carbocycles. The zero-order valence-electron chi connectivity index (χ0n) is 11.4. The molecule has 1 aromatic rings. The minimum atomic E-state index is -0.918. The van der Waals surface area contributed by atoms with Gasteiger partial charge in [0.1, 0.15) is 11.7 Å². The number of hydrogen-bond donors (Lipinski definition) is 1. The van der Waals surface area contributed by atoms with Crippen molar-refractivity contribution in [2.24, 2.45) is 5.41 Å². The lowest BCUT2D eigenvalue weighted by atomic mass is 9.58. The van der Waals surface area contributed by atoms with E-state index in [1.807, 2.05) is 45.0 Å². The van der Waals surface area contributed by atoms with Crippen LogP contribution in [0.1, 0.15) is 38.8 Å². The molecule has 2 atom stereocenters. The van der Waals surface area contributed by atoms with E-state index >= 15 is 0 Å². The lowest BCUT2D eigenvalue weighted by Gasteiger charge is -2.52. The van der Waals surface area contributed by atoms with Crippen molar-refractivity contribution in [3.05, 3.63) is 35.4 Å². The standard InChI is InChI=1S/C15H20O3/c1-10(18-11(2)16)14(3,4)15(17)9-12-7-5-6-8-13(12)15/h5-8,10,17H,9H2,1-4H3/t10-,15-/m0/s1. The molecule has 0 spiro atoms. The number of carbonyl (C=O) groups is 1. The summed E-state index contributed by atoms with van der Waals surface area (Å²) < 4.78 is 5.25. The van der Waals surface area contributed by atoms with Crippen molar-refractivity contribution in [2.75, 3.05) is 0 Å². The van der Waals surface area contributed by atoms with Crippen molar-refractivity contribution in [3.8, 4) is 0 Å². The van der Waals surface area contributed by atoms with Crippen LogP contribution in [0.2, 0.25) is 0 Å². The van der Waals surface area contributed by atoms with E-state index in [2.05, 4.69) is 0 Å². The molecule has 0 amide bonds. The van der Waals surface area contributed by atoms with Gasteiger partial charge in [0, 0.05) is 18.8 Å². The molecule has 1 N–H and O–H groups in total. The summed E-state index contributed by atoms with van der Waals surface area (Å²) in [5, 5.41) is 10.9. The molecule has 0 heterocycles. The smallest absolute Gasteiger partial charge is 0.302 e. The molecule has 1 aliphatic rings. The Bertz CT molecular complexity index is 478. The number of aliphatic hydroxyl groups is 1. The molecular formula is C15H20O3. The van der Waals surface area contributed by atoms with Crippen molar-refractivity contribution in [2.45, 2.75) is 45.8 Å². The Morgan fingerprint density at radius 3 is 2.61 bits per heavy atom. The molecule has 1 aliphatic carbocycles. The second-order valence-electron chi connectivity index (χ2n) is 5.67. The van der Waals surface area contributed by atoms with E-state index in [0.717, 1.165) is 5.56 Å². The van der Waals surface area contributed by atoms with Gasteiger partial charge in [-0.15, -0.1) is 0 Å². The summed E-state index contributed by atoms with van der Waals surface area (Å²) in [6.45, 7) is 7.11. The van der Waals surface area contributed by atoms with Crippen molar-refractivity contribution in [1.82, 2.24) is 0 Å². The molecule has 0 fully saturated rings. The van der Waals surface area contributed by atoms with E-state index in [0.29, 0.717) is 6.42 Å². The first-order chi connectivity index (χ1) is 8.29. The van der Waals surface area contributed by atoms with Gasteiger partial charge in [-0.3, -0.25) is 4.79 Å². The van der Waals surface area contributed by atoms with Crippen molar-refractivity contribution < 1.29 is 14.6 Å². The number of fused-ring (bicyclic) bond motifs is 1. The molecule has 0 unspecified atom stereocenters. The number of rotatable bonds is 3. The normalized spacial score (nSPS) is 23.8. The van der Waals surface area contributed by atoms with Crippen LogP contribution in [0.5, 0.6) is 0 Å². The Labute approximate surface area is 108 Å². The van der Waals surface area contributed by atoms with Crippen molar-refractivity contribution in [1.29, 1.82) is 0 Å². The van der Waals surface area contributed by atoms with Crippen LogP contribution in [0.25, 0.3) is 0 Å². The van der Waals surface area contributed by atoms with Gasteiger partial charge < -0.3 is 9.84 Å². The van der Waals surface area contributed by atoms with Crippen LogP contribution in [0, 0.1) is 5.41 Å². The third kappa shape index (κ3) is 1.74. The summed E-state index contributed by atoms with van der Waals surface area (Å²) in [6.07, 6.45) is 0.273. The van der Waals surface area contributed by atoms with Crippen LogP contribution < -0.4 is 0 Å². The number of carbonyl (C=O) groups excluding carboxylic acids is 1. The molecule has 0 bridgehead atoms. The van der Waals surface area contributed by atoms with Gasteiger partial charge >= 0.3 is 5.97 Å². The number of ether oxygens (including phenoxy) is 1. The molecule has 0 saturated carbocycles. The van der Waals surface area contributed by atoms with Crippen molar-refractivity contribution >= 4 is 5.97 Å². The van der Waals surface area contributed by atoms with E-state index < -0.39 is 11.0 Å². The van der Waals surface area contributed by atoms with Crippen LogP contribution in [0.3, 0.4) is 0 Å². The molecule has 2 rings (SSSR count). The SMILES string of the molecule is CC(=O)O[C@@H](C)C(C)(C)[C@]1(O)Cc2ccccc21. The van der Waals surface area contributed by atoms with Gasteiger partial charge in [0.15, 0.2) is 0 Å². The second-order valence-corrected chi connectivity index (χ2v) is 5.67. The quantitative estimate of drug-likeness (QED) is 0.836. The molecule has 98 valence electrons. The van der Waals surface area contributed by atoms with Gasteiger partial charge in [-0.05, 0) is 18.1 Å². The minimum Gasteiger partial charge on any atom is -0.462 e. The van der Waals surface area contributed by atoms with Gasteiger partial charge in [0.25, 0.3) is 0 Å². The average molecular weight is 248 g/mol. The summed E-state index contributed by atoms with van der Waals surface area (Å²) in [5.41, 5.74) is 0.683. The van der Waals surface area contributed by atoms with E-state index in [-0.39, 0.29) is 12.1 Å². The molecule has 0 aliphatic heterocycles. The maximum absolute atomic E-state index is 11.1. The molecule has 0 saturated heterocycles. The van der Waals surface area contributed by atoms with Crippen LogP contribution in [0.15, 0.2) is 24.3 Å². The Balaban J connectivity index is 2.29. The number of esters is 1. The predicted molar refractivity (Wildman–Crippen MR) is 69.1 cm³/mol. The Morgan fingerprint density at radius 1 is 1.44 bits per heavy atom. The van der Waals surface area contributed by atoms with Crippen LogP contribution in [-0.4, -0.2) is 17.2 Å². The fraction of sp³-hybridized carbons (Fsp3) is 0.533. The lowest BCUT2D eigenvalue weighted by Crippen LogP contribution is -2.55. The van der Waals surface area contributed by atoms with Gasteiger partial charge in [-0.25, -0.2) is 0 Å². The monoisotopic (exact) mass is 248 g/mol. The highest BCUT2D eigenvalue weighted by atomic mass is 16.5. The summed E-state index contributed by atoms with van der Waals surface area (Å²) >= 11 is 0. The highest BCUT2D eigenvalue weighted by molar-refractivity contribution is 5.66. The molecule has 3 nitrogen and oxygen atoms in total. The van der Waals surface area contributed by atoms with Crippen LogP contribution >= 0.6 is 0 Å². The Kier molecular flexibility index (Phi) is 2.98. The molecule has 0 radical (unpaired) electrons. The largest absolute Gasteiger partial charge is 0.462 e. The highest BCUT2D eigenvalue weighted by Gasteiger charge is 2.55. The molecular weight excluding hydrogens is 228 g/mol. The zero-order valence-corrected chi connectivity index (χ0v) is 11.4. The summed E-state index contributed by atoms with van der Waals surface area (Å²) in [5.74, 6) is -0.313. The van der Waals surface area contributed by atoms with Crippen LogP contribution in [0.4, 0.5) is 0 Å². The van der Waals surface area contributed by atoms with E-state index in [1.165, 1.54) is 12.5 Å². The maximum atomic E-state index is 11.1. The minimum absolute atomic E-state index is 0.313. The first-order valence-electron chi connectivity index (χ1n) is 6.27. The van der Waals surface area contributed by atoms with E-state index in [9.17, 15) is 9.90 Å². The van der Waals surface area contributed by atoms with Crippen LogP contribution in [-0.2, 0) is 21.6 Å². The second kappa shape index (κ2) is 4.09. The number of hydrogen-bond acceptors (Lipinski definition) is 3. The van der Waals surface area contributed by atoms with E-state index in [4.69, 9.17) is 4.74 Å². The topological polar surface area (TPSA) is 46.5 Å². The molecule has 18 heavy (non-hydrogen) atoms. The summed E-state index contributed by atoms with van der Waals surface area (Å²) in [7, 11) is 0. The highest BCUT2D eigenvalue weighted by Crippen LogP contribution is 2.52. The Morgan fingerprint density at radius 2 is 2.06 bits per heavy atom. The summed E-state index contributed by atoms with van der Waals surface area (Å²) in [6, 6.07) is 7.87. The maximum Gasteiger partial charge on any atom is 0.302 e. The lowest BCUT2D eigenvalue weighted by molar-refractivity contribution is -0.175. The van der Waals surface area contributed by atoms with Gasteiger partial charge in [-0.2, -0.15) is 0 Å². The zero-order chi connectivity index (χ0) is 13.6. The molecule has 3 heteroatoms. The fourth-order valence-corrected chi connectivity index (χ4v) is 2.65. The first-order valence-corrected chi connectivity index (χ1v) is 6.27.